The van der Waals surface area contributed by atoms with Gasteiger partial charge in [-0.15, -0.1) is 0 Å². The lowest BCUT2D eigenvalue weighted by atomic mass is 10.1. The highest BCUT2D eigenvalue weighted by Crippen LogP contribution is 2.03. The predicted molar refractivity (Wildman–Crippen MR) is 40.1 cm³/mol. The van der Waals surface area contributed by atoms with Crippen molar-refractivity contribution in [1.29, 1.82) is 0 Å². The molecule has 0 heterocycles. The third-order valence-corrected chi connectivity index (χ3v) is 1.26. The predicted octanol–water partition coefficient (Wildman–Crippen LogP) is 1.43. The van der Waals surface area contributed by atoms with Crippen molar-refractivity contribution in [1.82, 2.24) is 0 Å². The number of rotatable bonds is 7. The van der Waals surface area contributed by atoms with Crippen LogP contribution in [0.5, 0.6) is 0 Å². The van der Waals surface area contributed by atoms with Gasteiger partial charge in [0.05, 0.1) is 19.1 Å². The second kappa shape index (κ2) is 6.91. The van der Waals surface area contributed by atoms with Gasteiger partial charge in [0.15, 0.2) is 0 Å². The van der Waals surface area contributed by atoms with Crippen LogP contribution >= 0.6 is 0 Å². The molecule has 0 aliphatic heterocycles. The van der Waals surface area contributed by atoms with E-state index in [0.717, 1.165) is 0 Å². The van der Waals surface area contributed by atoms with Gasteiger partial charge in [-0.25, -0.2) is 0 Å². The molecule has 0 saturated carbocycles. The van der Waals surface area contributed by atoms with Gasteiger partial charge in [0.1, 0.15) is 0 Å². The third kappa shape index (κ3) is 5.25. The zero-order valence-electron chi connectivity index (χ0n) is 5.97. The summed E-state index contributed by atoms with van der Waals surface area (Å²) in [5.74, 6) is 0. The van der Waals surface area contributed by atoms with Crippen molar-refractivity contribution in [2.75, 3.05) is 13.1 Å². The average molecular weight is 159 g/mol. The van der Waals surface area contributed by atoms with E-state index in [2.05, 4.69) is 15.5 Å². The van der Waals surface area contributed by atoms with Gasteiger partial charge in [-0.05, 0) is 12.8 Å². The Morgan fingerprint density at radius 2 is 1.36 bits per heavy atom. The van der Waals surface area contributed by atoms with Crippen molar-refractivity contribution in [2.24, 2.45) is 15.5 Å². The third-order valence-electron chi connectivity index (χ3n) is 1.26. The highest BCUT2D eigenvalue weighted by Gasteiger charge is 2.07. The van der Waals surface area contributed by atoms with Crippen molar-refractivity contribution < 1.29 is 0 Å². The van der Waals surface area contributed by atoms with E-state index in [0.29, 0.717) is 12.8 Å². The summed E-state index contributed by atoms with van der Waals surface area (Å²) in [6, 6.07) is -0.495. The Kier molecular flexibility index (Phi) is 6.16. The summed E-state index contributed by atoms with van der Waals surface area (Å²) in [6.07, 6.45) is 0.616. The van der Waals surface area contributed by atoms with Crippen LogP contribution in [0.2, 0.25) is 0 Å². The molecule has 0 N–H and O–H groups in total. The fourth-order valence-electron chi connectivity index (χ4n) is 0.653. The smallest absolute Gasteiger partial charge is 0.0957 e. The van der Waals surface area contributed by atoms with E-state index in [1.165, 1.54) is 0 Å². The van der Waals surface area contributed by atoms with Crippen LogP contribution in [-0.2, 0) is 0 Å². The first-order chi connectivity index (χ1) is 5.35. The summed E-state index contributed by atoms with van der Waals surface area (Å²) < 4.78 is 0. The van der Waals surface area contributed by atoms with Gasteiger partial charge in [0.2, 0.25) is 0 Å². The largest absolute Gasteiger partial charge is 0.151 e. The summed E-state index contributed by atoms with van der Waals surface area (Å²) in [6.45, 7) is 0.129. The zero-order valence-corrected chi connectivity index (χ0v) is 5.97. The zero-order chi connectivity index (χ0) is 8.53. The van der Waals surface area contributed by atoms with Gasteiger partial charge >= 0.3 is 0 Å². The summed E-state index contributed by atoms with van der Waals surface area (Å²) >= 11 is 0. The van der Waals surface area contributed by atoms with E-state index < -0.39 is 6.04 Å². The first-order valence-electron chi connectivity index (χ1n) is 3.25. The Hall–Kier alpha value is -1.20. The lowest BCUT2D eigenvalue weighted by Crippen LogP contribution is -2.06. The van der Waals surface area contributed by atoms with Gasteiger partial charge in [-0.3, -0.25) is 0 Å². The van der Waals surface area contributed by atoms with Crippen LogP contribution in [0.25, 0.3) is 0 Å². The standard InChI is InChI=1S/C5H9N3O3/c9-6-3-1-5(8-11)2-4-7-10/h5H,1-4H2. The highest BCUT2D eigenvalue weighted by atomic mass is 16.3. The molecule has 0 aliphatic carbocycles. The Bertz CT molecular complexity index is 127. The van der Waals surface area contributed by atoms with Gasteiger partial charge in [-0.2, -0.15) is 14.7 Å². The molecular formula is C5H9N3O3. The Balaban J connectivity index is 3.47. The molecule has 0 spiro atoms. The molecule has 0 aromatic heterocycles. The average Bonchev–Trinajstić information content (AvgIpc) is 2.05. The van der Waals surface area contributed by atoms with Crippen molar-refractivity contribution in [3.63, 3.8) is 0 Å². The van der Waals surface area contributed by atoms with E-state index in [1.54, 1.807) is 0 Å². The van der Waals surface area contributed by atoms with Crippen LogP contribution in [-0.4, -0.2) is 19.1 Å². The molecule has 62 valence electrons. The molecule has 11 heavy (non-hydrogen) atoms. The van der Waals surface area contributed by atoms with Crippen LogP contribution in [0.1, 0.15) is 12.8 Å². The van der Waals surface area contributed by atoms with Gasteiger partial charge in [-0.1, -0.05) is 15.5 Å². The molecule has 0 radical (unpaired) electrons. The van der Waals surface area contributed by atoms with Gasteiger partial charge < -0.3 is 0 Å². The molecule has 0 saturated heterocycles. The lowest BCUT2D eigenvalue weighted by molar-refractivity contribution is 0.581. The molecule has 0 aromatic rings. The highest BCUT2D eigenvalue weighted by molar-refractivity contribution is 4.67. The molecule has 0 fully saturated rings. The lowest BCUT2D eigenvalue weighted by Gasteiger charge is -2.00. The monoisotopic (exact) mass is 159 g/mol. The van der Waals surface area contributed by atoms with E-state index >= 15 is 0 Å². The second-order valence-corrected chi connectivity index (χ2v) is 2.04. The Morgan fingerprint density at radius 1 is 0.909 bits per heavy atom. The molecule has 0 atom stereocenters. The molecule has 6 nitrogen and oxygen atoms in total. The normalized spacial score (nSPS) is 9.55. The van der Waals surface area contributed by atoms with E-state index in [-0.39, 0.29) is 13.1 Å². The van der Waals surface area contributed by atoms with E-state index in [4.69, 9.17) is 0 Å². The quantitative estimate of drug-likeness (QED) is 0.526. The molecular weight excluding hydrogens is 150 g/mol. The number of hydrogen-bond acceptors (Lipinski definition) is 6. The van der Waals surface area contributed by atoms with Crippen LogP contribution in [0.3, 0.4) is 0 Å². The van der Waals surface area contributed by atoms with Crippen molar-refractivity contribution in [3.05, 3.63) is 14.7 Å². The summed E-state index contributed by atoms with van der Waals surface area (Å²) in [5, 5.41) is 7.86. The summed E-state index contributed by atoms with van der Waals surface area (Å²) in [4.78, 5) is 29.2. The van der Waals surface area contributed by atoms with Gasteiger partial charge in [0, 0.05) is 0 Å². The van der Waals surface area contributed by atoms with Crippen LogP contribution in [0.15, 0.2) is 15.5 Å². The van der Waals surface area contributed by atoms with Crippen molar-refractivity contribution in [2.45, 2.75) is 18.9 Å². The molecule has 0 rings (SSSR count). The van der Waals surface area contributed by atoms with E-state index in [1.807, 2.05) is 0 Å². The maximum atomic E-state index is 9.98. The summed E-state index contributed by atoms with van der Waals surface area (Å²) in [7, 11) is 0. The maximum Gasteiger partial charge on any atom is 0.0957 e. The molecule has 0 unspecified atom stereocenters. The second-order valence-electron chi connectivity index (χ2n) is 2.04. The topological polar surface area (TPSA) is 88.3 Å². The molecule has 0 bridgehead atoms. The Morgan fingerprint density at radius 3 is 1.64 bits per heavy atom. The molecule has 0 aliphatic rings. The number of nitrogens with zero attached hydrogens (tertiary/aromatic N) is 3. The van der Waals surface area contributed by atoms with Gasteiger partial charge in [0.25, 0.3) is 0 Å². The maximum absolute atomic E-state index is 9.98. The SMILES string of the molecule is O=NCCC(CCN=O)N=O. The molecule has 0 amide bonds. The van der Waals surface area contributed by atoms with Crippen LogP contribution < -0.4 is 0 Å². The number of nitroso groups, excluding NO2 is 3. The fourth-order valence-corrected chi connectivity index (χ4v) is 0.653. The Labute approximate surface area is 63.3 Å². The minimum atomic E-state index is -0.495. The van der Waals surface area contributed by atoms with Crippen LogP contribution in [0, 0.1) is 14.7 Å². The van der Waals surface area contributed by atoms with Crippen molar-refractivity contribution >= 4 is 0 Å². The van der Waals surface area contributed by atoms with E-state index in [9.17, 15) is 14.7 Å². The summed E-state index contributed by atoms with van der Waals surface area (Å²) in [5.41, 5.74) is 0. The number of hydrogen-bond donors (Lipinski definition) is 0. The first-order valence-corrected chi connectivity index (χ1v) is 3.25. The molecule has 6 heteroatoms. The van der Waals surface area contributed by atoms with Crippen molar-refractivity contribution in [3.8, 4) is 0 Å². The van der Waals surface area contributed by atoms with Crippen LogP contribution in [0.4, 0.5) is 0 Å². The fraction of sp³-hybridized carbons (Fsp3) is 1.00. The molecule has 0 aromatic carbocycles. The first kappa shape index (κ1) is 9.80. The minimum Gasteiger partial charge on any atom is -0.151 e. The minimum absolute atomic E-state index is 0.0647.